The van der Waals surface area contributed by atoms with Crippen LogP contribution in [0, 0.1) is 12.7 Å². The zero-order valence-corrected chi connectivity index (χ0v) is 17.4. The summed E-state index contributed by atoms with van der Waals surface area (Å²) in [6, 6.07) is 9.39. The van der Waals surface area contributed by atoms with Crippen molar-refractivity contribution < 1.29 is 14.3 Å². The molecule has 0 saturated heterocycles. The first-order chi connectivity index (χ1) is 14.3. The Labute approximate surface area is 178 Å². The minimum absolute atomic E-state index is 0.0477. The monoisotopic (exact) mass is 426 g/mol. The maximum Gasteiger partial charge on any atom is 0.258 e. The quantitative estimate of drug-likeness (QED) is 0.643. The van der Waals surface area contributed by atoms with Crippen molar-refractivity contribution in [3.8, 4) is 11.3 Å². The number of amides is 1. The predicted molar refractivity (Wildman–Crippen MR) is 113 cm³/mol. The molecule has 0 radical (unpaired) electrons. The maximum absolute atomic E-state index is 14.4. The molecule has 3 heterocycles. The second-order valence-electron chi connectivity index (χ2n) is 7.40. The van der Waals surface area contributed by atoms with Crippen LogP contribution in [-0.2, 0) is 0 Å². The highest BCUT2D eigenvalue weighted by atomic mass is 35.5. The Kier molecular flexibility index (Phi) is 5.17. The Hall–Kier alpha value is -3.03. The van der Waals surface area contributed by atoms with Crippen molar-refractivity contribution >= 4 is 29.0 Å². The van der Waals surface area contributed by atoms with E-state index in [1.165, 1.54) is 17.0 Å². The number of nitrogens with zero attached hydrogens (tertiary/aromatic N) is 3. The average Bonchev–Trinajstić information content (AvgIpc) is 2.69. The number of nitrogens with one attached hydrogen (secondary N) is 1. The first-order valence-corrected chi connectivity index (χ1v) is 9.86. The minimum Gasteiger partial charge on any atom is -0.356 e. The van der Waals surface area contributed by atoms with E-state index in [0.29, 0.717) is 5.69 Å². The number of carbonyl (C=O) groups excluding carboxylic acids is 1. The molecule has 1 aliphatic heterocycles. The van der Waals surface area contributed by atoms with Crippen LogP contribution in [0.1, 0.15) is 41.4 Å². The van der Waals surface area contributed by atoms with Crippen molar-refractivity contribution in [1.29, 1.82) is 0 Å². The normalized spacial score (nSPS) is 15.9. The van der Waals surface area contributed by atoms with Gasteiger partial charge in [0.15, 0.2) is 0 Å². The van der Waals surface area contributed by atoms with E-state index in [1.807, 2.05) is 26.8 Å². The number of hydrogen-bond donors (Lipinski definition) is 2. The van der Waals surface area contributed by atoms with E-state index in [-0.39, 0.29) is 33.6 Å². The highest BCUT2D eigenvalue weighted by molar-refractivity contribution is 6.33. The Morgan fingerprint density at radius 1 is 1.23 bits per heavy atom. The third-order valence-corrected chi connectivity index (χ3v) is 5.29. The number of fused-ring (bicyclic) bond motifs is 1. The number of rotatable bonds is 3. The third kappa shape index (κ3) is 3.30. The van der Waals surface area contributed by atoms with Crippen LogP contribution in [0.15, 0.2) is 42.6 Å². The summed E-state index contributed by atoms with van der Waals surface area (Å²) in [5.74, 6) is -0.770. The van der Waals surface area contributed by atoms with Crippen molar-refractivity contribution in [2.75, 3.05) is 4.90 Å². The minimum atomic E-state index is -1.37. The summed E-state index contributed by atoms with van der Waals surface area (Å²) in [5.41, 5.74) is 2.80. The fraction of sp³-hybridized carbons (Fsp3) is 0.227. The molecule has 1 aromatic carbocycles. The largest absolute Gasteiger partial charge is 0.356 e. The fourth-order valence-electron chi connectivity index (χ4n) is 3.58. The van der Waals surface area contributed by atoms with Gasteiger partial charge >= 0.3 is 0 Å². The summed E-state index contributed by atoms with van der Waals surface area (Å²) in [6.45, 7) is 5.86. The maximum atomic E-state index is 14.4. The predicted octanol–water partition coefficient (Wildman–Crippen LogP) is 4.53. The lowest BCUT2D eigenvalue weighted by atomic mass is 10.0. The van der Waals surface area contributed by atoms with Gasteiger partial charge in [0.05, 0.1) is 27.7 Å². The van der Waals surface area contributed by atoms with E-state index >= 15 is 0 Å². The number of aliphatic hydroxyl groups excluding tert-OH is 1. The first kappa shape index (κ1) is 20.3. The highest BCUT2D eigenvalue weighted by Crippen LogP contribution is 2.40. The van der Waals surface area contributed by atoms with Gasteiger partial charge in [-0.2, -0.15) is 0 Å². The van der Waals surface area contributed by atoms with E-state index in [1.54, 1.807) is 24.4 Å². The molecule has 0 bridgehead atoms. The molecule has 2 aromatic heterocycles. The van der Waals surface area contributed by atoms with E-state index in [0.717, 1.165) is 11.3 Å². The standard InChI is InChI=1S/C22H20ClFN4O2/c1-11(2)17-19(12(3)8-9-25-17)28-20-14(21(29)27-22(28)30)10-15(23)18(26-20)13-6-4-5-7-16(13)24/h4-11,22,30H,1-3H3,(H,27,29). The molecule has 0 fully saturated rings. The molecule has 0 spiro atoms. The third-order valence-electron chi connectivity index (χ3n) is 5.00. The summed E-state index contributed by atoms with van der Waals surface area (Å²) in [5, 5.41) is 13.4. The van der Waals surface area contributed by atoms with Crippen LogP contribution in [0.5, 0.6) is 0 Å². The molecule has 30 heavy (non-hydrogen) atoms. The summed E-state index contributed by atoms with van der Waals surface area (Å²) in [4.78, 5) is 23.1. The molecule has 1 atom stereocenters. The smallest absolute Gasteiger partial charge is 0.258 e. The van der Waals surface area contributed by atoms with E-state index in [2.05, 4.69) is 15.3 Å². The first-order valence-electron chi connectivity index (χ1n) is 9.48. The molecule has 1 aliphatic rings. The molecule has 2 N–H and O–H groups in total. The number of carbonyl (C=O) groups is 1. The van der Waals surface area contributed by atoms with Gasteiger partial charge in [-0.1, -0.05) is 37.6 Å². The molecule has 4 rings (SSSR count). The van der Waals surface area contributed by atoms with Crippen molar-refractivity contribution in [2.45, 2.75) is 33.0 Å². The molecule has 6 nitrogen and oxygen atoms in total. The Morgan fingerprint density at radius 2 is 1.97 bits per heavy atom. The van der Waals surface area contributed by atoms with Crippen LogP contribution in [-0.4, -0.2) is 27.3 Å². The lowest BCUT2D eigenvalue weighted by Crippen LogP contribution is -2.51. The van der Waals surface area contributed by atoms with Crippen LogP contribution in [0.4, 0.5) is 15.9 Å². The molecule has 8 heteroatoms. The van der Waals surface area contributed by atoms with Gasteiger partial charge in [0.1, 0.15) is 11.6 Å². The number of anilines is 2. The Bertz CT molecular complexity index is 1150. The highest BCUT2D eigenvalue weighted by Gasteiger charge is 2.35. The Morgan fingerprint density at radius 3 is 2.67 bits per heavy atom. The molecule has 3 aromatic rings. The number of aliphatic hydroxyl groups is 1. The topological polar surface area (TPSA) is 78.4 Å². The molecule has 0 saturated carbocycles. The van der Waals surface area contributed by atoms with Crippen molar-refractivity contribution in [3.05, 3.63) is 70.3 Å². The van der Waals surface area contributed by atoms with Crippen molar-refractivity contribution in [3.63, 3.8) is 0 Å². The summed E-state index contributed by atoms with van der Waals surface area (Å²) in [6.07, 6.45) is 0.330. The molecule has 1 unspecified atom stereocenters. The Balaban J connectivity index is 2.00. The SMILES string of the molecule is Cc1ccnc(C(C)C)c1N1c2nc(-c3ccccc3F)c(Cl)cc2C(=O)NC1O. The second kappa shape index (κ2) is 7.66. The number of benzene rings is 1. The van der Waals surface area contributed by atoms with Crippen LogP contribution >= 0.6 is 11.6 Å². The fourth-order valence-corrected chi connectivity index (χ4v) is 3.84. The lowest BCUT2D eigenvalue weighted by Gasteiger charge is -2.37. The van der Waals surface area contributed by atoms with Gasteiger partial charge in [-0.15, -0.1) is 0 Å². The van der Waals surface area contributed by atoms with Gasteiger partial charge in [-0.05, 0) is 42.7 Å². The summed E-state index contributed by atoms with van der Waals surface area (Å²) in [7, 11) is 0. The van der Waals surface area contributed by atoms with Gasteiger partial charge in [0.2, 0.25) is 6.35 Å². The molecule has 0 aliphatic carbocycles. The van der Waals surface area contributed by atoms with Crippen LogP contribution in [0.25, 0.3) is 11.3 Å². The number of aromatic nitrogens is 2. The van der Waals surface area contributed by atoms with Gasteiger partial charge in [0.25, 0.3) is 5.91 Å². The number of pyridine rings is 2. The van der Waals surface area contributed by atoms with Gasteiger partial charge in [0, 0.05) is 11.8 Å². The molecular formula is C22H20ClFN4O2. The summed E-state index contributed by atoms with van der Waals surface area (Å²) < 4.78 is 14.4. The van der Waals surface area contributed by atoms with Gasteiger partial charge in [-0.3, -0.25) is 14.7 Å². The second-order valence-corrected chi connectivity index (χ2v) is 7.81. The van der Waals surface area contributed by atoms with Crippen molar-refractivity contribution in [1.82, 2.24) is 15.3 Å². The molecule has 1 amide bonds. The molecule has 154 valence electrons. The average molecular weight is 427 g/mol. The van der Waals surface area contributed by atoms with Gasteiger partial charge in [-0.25, -0.2) is 9.37 Å². The van der Waals surface area contributed by atoms with Crippen LogP contribution in [0.3, 0.4) is 0 Å². The zero-order valence-electron chi connectivity index (χ0n) is 16.6. The number of hydrogen-bond acceptors (Lipinski definition) is 5. The van der Waals surface area contributed by atoms with Crippen molar-refractivity contribution in [2.24, 2.45) is 0 Å². The number of aryl methyl sites for hydroxylation is 1. The van der Waals surface area contributed by atoms with E-state index in [4.69, 9.17) is 11.6 Å². The number of halogens is 2. The van der Waals surface area contributed by atoms with E-state index < -0.39 is 18.1 Å². The summed E-state index contributed by atoms with van der Waals surface area (Å²) >= 11 is 6.37. The molecular weight excluding hydrogens is 407 g/mol. The lowest BCUT2D eigenvalue weighted by molar-refractivity contribution is 0.0767. The van der Waals surface area contributed by atoms with Crippen LogP contribution < -0.4 is 10.2 Å². The van der Waals surface area contributed by atoms with Crippen LogP contribution in [0.2, 0.25) is 5.02 Å². The zero-order chi connectivity index (χ0) is 21.6. The van der Waals surface area contributed by atoms with Gasteiger partial charge < -0.3 is 10.4 Å². The van der Waals surface area contributed by atoms with E-state index in [9.17, 15) is 14.3 Å².